The maximum Gasteiger partial charge on any atom is 0.312 e. The van der Waals surface area contributed by atoms with Crippen LogP contribution < -0.4 is 5.73 Å². The molecule has 3 rings (SSSR count). The van der Waals surface area contributed by atoms with E-state index in [-0.39, 0.29) is 24.2 Å². The number of nitrogens with two attached hydrogens (primary N) is 1. The SMILES string of the molecule is NC1C(=O)N2CC(Cc3ccc(O)c(F)c3)(C(=O)O)CS[C@H]12. The number of thioether (sulfide) groups is 1. The van der Waals surface area contributed by atoms with Gasteiger partial charge in [-0.2, -0.15) is 0 Å². The van der Waals surface area contributed by atoms with Gasteiger partial charge in [-0.05, 0) is 24.1 Å². The highest BCUT2D eigenvalue weighted by molar-refractivity contribution is 8.00. The Morgan fingerprint density at radius 2 is 2.27 bits per heavy atom. The lowest BCUT2D eigenvalue weighted by molar-refractivity contribution is -0.156. The molecule has 8 heteroatoms. The van der Waals surface area contributed by atoms with E-state index < -0.39 is 29.0 Å². The second-order valence-electron chi connectivity index (χ2n) is 5.74. The molecular formula is C14H15FN2O4S. The fourth-order valence-electron chi connectivity index (χ4n) is 2.89. The number of halogens is 1. The number of amides is 1. The number of carbonyl (C=O) groups excluding carboxylic acids is 1. The number of rotatable bonds is 3. The largest absolute Gasteiger partial charge is 0.505 e. The lowest BCUT2D eigenvalue weighted by Gasteiger charge is -2.52. The van der Waals surface area contributed by atoms with Gasteiger partial charge in [0, 0.05) is 12.3 Å². The van der Waals surface area contributed by atoms with Gasteiger partial charge in [-0.15, -0.1) is 11.8 Å². The molecule has 2 unspecified atom stereocenters. The van der Waals surface area contributed by atoms with Crippen molar-refractivity contribution in [1.29, 1.82) is 0 Å². The van der Waals surface area contributed by atoms with Crippen molar-refractivity contribution < 1.29 is 24.2 Å². The average Bonchev–Trinajstić information content (AvgIpc) is 2.50. The molecule has 0 aromatic heterocycles. The molecule has 1 aromatic carbocycles. The van der Waals surface area contributed by atoms with Gasteiger partial charge < -0.3 is 20.8 Å². The van der Waals surface area contributed by atoms with E-state index in [1.807, 2.05) is 0 Å². The minimum atomic E-state index is -1.18. The highest BCUT2D eigenvalue weighted by Crippen LogP contribution is 2.43. The number of carboxylic acids is 1. The molecule has 0 radical (unpaired) electrons. The number of carboxylic acid groups (broad SMARTS) is 1. The second-order valence-corrected chi connectivity index (χ2v) is 6.85. The first-order valence-electron chi connectivity index (χ1n) is 6.72. The van der Waals surface area contributed by atoms with Crippen molar-refractivity contribution in [3.05, 3.63) is 29.6 Å². The van der Waals surface area contributed by atoms with E-state index in [1.165, 1.54) is 28.8 Å². The molecule has 0 saturated carbocycles. The number of carbonyl (C=O) groups is 2. The normalized spacial score (nSPS) is 30.6. The predicted molar refractivity (Wildman–Crippen MR) is 77.8 cm³/mol. The van der Waals surface area contributed by atoms with Crippen LogP contribution in [0.4, 0.5) is 4.39 Å². The molecule has 2 saturated heterocycles. The van der Waals surface area contributed by atoms with Crippen molar-refractivity contribution in [2.45, 2.75) is 17.8 Å². The molecular weight excluding hydrogens is 311 g/mol. The fraction of sp³-hybridized carbons (Fsp3) is 0.429. The van der Waals surface area contributed by atoms with Crippen LogP contribution in [0.25, 0.3) is 0 Å². The van der Waals surface area contributed by atoms with E-state index in [0.29, 0.717) is 11.3 Å². The number of hydrogen-bond donors (Lipinski definition) is 3. The van der Waals surface area contributed by atoms with Crippen LogP contribution in [-0.2, 0) is 16.0 Å². The van der Waals surface area contributed by atoms with E-state index in [4.69, 9.17) is 5.73 Å². The van der Waals surface area contributed by atoms with Gasteiger partial charge in [-0.25, -0.2) is 4.39 Å². The summed E-state index contributed by atoms with van der Waals surface area (Å²) in [6.45, 7) is 0.0645. The van der Waals surface area contributed by atoms with Gasteiger partial charge >= 0.3 is 5.97 Å². The number of phenols is 1. The maximum absolute atomic E-state index is 13.4. The topological polar surface area (TPSA) is 104 Å². The average molecular weight is 326 g/mol. The molecule has 2 aliphatic heterocycles. The number of aliphatic carboxylic acids is 1. The smallest absolute Gasteiger partial charge is 0.312 e. The van der Waals surface area contributed by atoms with Gasteiger partial charge in [0.15, 0.2) is 11.6 Å². The molecule has 118 valence electrons. The highest BCUT2D eigenvalue weighted by Gasteiger charge is 2.55. The van der Waals surface area contributed by atoms with E-state index in [1.54, 1.807) is 0 Å². The maximum atomic E-state index is 13.4. The Morgan fingerprint density at radius 3 is 2.91 bits per heavy atom. The first-order valence-corrected chi connectivity index (χ1v) is 7.77. The zero-order valence-electron chi connectivity index (χ0n) is 11.5. The van der Waals surface area contributed by atoms with Crippen LogP contribution >= 0.6 is 11.8 Å². The molecule has 2 fully saturated rings. The summed E-state index contributed by atoms with van der Waals surface area (Å²) >= 11 is 1.34. The van der Waals surface area contributed by atoms with Crippen LogP contribution in [0.15, 0.2) is 18.2 Å². The zero-order chi connectivity index (χ0) is 16.1. The van der Waals surface area contributed by atoms with Crippen molar-refractivity contribution in [2.24, 2.45) is 11.1 Å². The van der Waals surface area contributed by atoms with Gasteiger partial charge in [0.2, 0.25) is 5.91 Å². The van der Waals surface area contributed by atoms with E-state index in [0.717, 1.165) is 6.07 Å². The number of phenolic OH excluding ortho intramolecular Hbond substituents is 1. The summed E-state index contributed by atoms with van der Waals surface area (Å²) in [4.78, 5) is 25.0. The fourth-order valence-corrected chi connectivity index (χ4v) is 4.38. The Hall–Kier alpha value is -1.80. The molecule has 0 aliphatic carbocycles. The quantitative estimate of drug-likeness (QED) is 0.694. The number of hydrogen-bond acceptors (Lipinski definition) is 5. The summed E-state index contributed by atoms with van der Waals surface area (Å²) < 4.78 is 13.4. The minimum Gasteiger partial charge on any atom is -0.505 e. The summed E-state index contributed by atoms with van der Waals surface area (Å²) in [5.41, 5.74) is 4.98. The third kappa shape index (κ3) is 2.22. The van der Waals surface area contributed by atoms with Gasteiger partial charge in [0.25, 0.3) is 0 Å². The van der Waals surface area contributed by atoms with Crippen LogP contribution in [0.1, 0.15) is 5.56 Å². The molecule has 1 aromatic rings. The molecule has 0 bridgehead atoms. The van der Waals surface area contributed by atoms with Gasteiger partial charge in [0.05, 0.1) is 5.41 Å². The molecule has 22 heavy (non-hydrogen) atoms. The van der Waals surface area contributed by atoms with Crippen LogP contribution in [0.2, 0.25) is 0 Å². The van der Waals surface area contributed by atoms with Crippen LogP contribution in [0.5, 0.6) is 5.75 Å². The van der Waals surface area contributed by atoms with E-state index >= 15 is 0 Å². The van der Waals surface area contributed by atoms with E-state index in [9.17, 15) is 24.2 Å². The Balaban J connectivity index is 1.85. The Labute approximate surface area is 130 Å². The molecule has 1 amide bonds. The summed E-state index contributed by atoms with van der Waals surface area (Å²) in [5.74, 6) is -2.25. The number of β-lactam (4-membered cyclic amide) rings is 1. The zero-order valence-corrected chi connectivity index (χ0v) is 12.3. The first kappa shape index (κ1) is 15.1. The van der Waals surface area contributed by atoms with Crippen LogP contribution in [-0.4, -0.2) is 50.7 Å². The Morgan fingerprint density at radius 1 is 1.55 bits per heavy atom. The highest BCUT2D eigenvalue weighted by atomic mass is 32.2. The number of nitrogens with zero attached hydrogens (tertiary/aromatic N) is 1. The lowest BCUT2D eigenvalue weighted by Crippen LogP contribution is -2.72. The number of fused-ring (bicyclic) bond motifs is 1. The van der Waals surface area contributed by atoms with E-state index in [2.05, 4.69) is 0 Å². The summed E-state index contributed by atoms with van der Waals surface area (Å²) in [5, 5.41) is 18.7. The summed E-state index contributed by atoms with van der Waals surface area (Å²) in [6.07, 6.45) is 0.0816. The number of benzene rings is 1. The van der Waals surface area contributed by atoms with Crippen molar-refractivity contribution >= 4 is 23.6 Å². The predicted octanol–water partition coefficient (Wildman–Crippen LogP) is 0.387. The molecule has 2 heterocycles. The molecule has 2 aliphatic rings. The van der Waals surface area contributed by atoms with Crippen LogP contribution in [0, 0.1) is 11.2 Å². The lowest BCUT2D eigenvalue weighted by atomic mass is 9.81. The minimum absolute atomic E-state index is 0.0645. The second kappa shape index (κ2) is 5.13. The summed E-state index contributed by atoms with van der Waals surface area (Å²) in [7, 11) is 0. The van der Waals surface area contributed by atoms with Crippen molar-refractivity contribution in [3.8, 4) is 5.75 Å². The van der Waals surface area contributed by atoms with Gasteiger partial charge in [-0.1, -0.05) is 6.07 Å². The third-order valence-corrected chi connectivity index (χ3v) is 5.80. The van der Waals surface area contributed by atoms with Gasteiger partial charge in [-0.3, -0.25) is 9.59 Å². The molecule has 6 nitrogen and oxygen atoms in total. The van der Waals surface area contributed by atoms with Crippen molar-refractivity contribution in [1.82, 2.24) is 4.90 Å². The number of aromatic hydroxyl groups is 1. The molecule has 4 N–H and O–H groups in total. The summed E-state index contributed by atoms with van der Waals surface area (Å²) in [6, 6.07) is 3.25. The molecule has 0 spiro atoms. The Kier molecular flexibility index (Phi) is 3.53. The standard InChI is InChI=1S/C14H15FN2O4S/c15-8-3-7(1-2-9(8)18)4-14(13(20)21)5-17-11(19)10(16)12(17)22-6-14/h1-3,10,12,18H,4-6,16H2,(H,20,21)/t10?,12-,14?/m1/s1. The van der Waals surface area contributed by atoms with Crippen molar-refractivity contribution in [3.63, 3.8) is 0 Å². The third-order valence-electron chi connectivity index (χ3n) is 4.19. The molecule has 3 atom stereocenters. The van der Waals surface area contributed by atoms with Gasteiger partial charge in [0.1, 0.15) is 11.4 Å². The Bertz CT molecular complexity index is 656. The van der Waals surface area contributed by atoms with Crippen molar-refractivity contribution in [2.75, 3.05) is 12.3 Å². The monoisotopic (exact) mass is 326 g/mol. The first-order chi connectivity index (χ1) is 10.3. The van der Waals surface area contributed by atoms with Crippen LogP contribution in [0.3, 0.4) is 0 Å².